The number of carbonyl (C=O) groups excluding carboxylic acids is 1. The summed E-state index contributed by atoms with van der Waals surface area (Å²) >= 11 is 6.54. The lowest BCUT2D eigenvalue weighted by Crippen LogP contribution is -2.37. The fourth-order valence-electron chi connectivity index (χ4n) is 5.23. The molecule has 178 valence electrons. The number of aromatic nitrogens is 3. The Hall–Kier alpha value is -2.88. The largest absolute Gasteiger partial charge is 0.396 e. The maximum atomic E-state index is 13.1. The predicted molar refractivity (Wildman–Crippen MR) is 130 cm³/mol. The van der Waals surface area contributed by atoms with E-state index in [1.54, 1.807) is 4.52 Å². The van der Waals surface area contributed by atoms with E-state index in [0.29, 0.717) is 33.9 Å². The minimum absolute atomic E-state index is 0.243. The second kappa shape index (κ2) is 8.72. The van der Waals surface area contributed by atoms with E-state index in [0.717, 1.165) is 57.0 Å². The van der Waals surface area contributed by atoms with Gasteiger partial charge in [0.25, 0.3) is 5.91 Å². The zero-order chi connectivity index (χ0) is 23.2. The van der Waals surface area contributed by atoms with Crippen LogP contribution in [0, 0.1) is 5.92 Å². The number of amides is 1. The van der Waals surface area contributed by atoms with Gasteiger partial charge in [-0.05, 0) is 49.4 Å². The second-order valence-corrected chi connectivity index (χ2v) is 9.75. The zero-order valence-corrected chi connectivity index (χ0v) is 19.5. The summed E-state index contributed by atoms with van der Waals surface area (Å²) < 4.78 is 7.31. The summed E-state index contributed by atoms with van der Waals surface area (Å²) in [6, 6.07) is 7.96. The van der Waals surface area contributed by atoms with E-state index < -0.39 is 0 Å². The molecule has 5 heterocycles. The highest BCUT2D eigenvalue weighted by molar-refractivity contribution is 6.34. The zero-order valence-electron chi connectivity index (χ0n) is 18.7. The van der Waals surface area contributed by atoms with Gasteiger partial charge in [-0.3, -0.25) is 4.79 Å². The summed E-state index contributed by atoms with van der Waals surface area (Å²) in [6.07, 6.45) is 6.58. The van der Waals surface area contributed by atoms with Crippen molar-refractivity contribution in [1.29, 1.82) is 0 Å². The van der Waals surface area contributed by atoms with Crippen molar-refractivity contribution >= 4 is 40.3 Å². The summed E-state index contributed by atoms with van der Waals surface area (Å²) in [5.74, 6) is 0.911. The van der Waals surface area contributed by atoms with Crippen LogP contribution in [-0.2, 0) is 4.74 Å². The summed E-state index contributed by atoms with van der Waals surface area (Å²) in [7, 11) is 0. The summed E-state index contributed by atoms with van der Waals surface area (Å²) in [4.78, 5) is 22.4. The molecule has 0 unspecified atom stereocenters. The first kappa shape index (κ1) is 21.6. The fourth-order valence-corrected chi connectivity index (χ4v) is 5.45. The van der Waals surface area contributed by atoms with Gasteiger partial charge >= 0.3 is 0 Å². The lowest BCUT2D eigenvalue weighted by Gasteiger charge is -2.33. The number of fused-ring (bicyclic) bond motifs is 3. The van der Waals surface area contributed by atoms with Gasteiger partial charge in [0.15, 0.2) is 5.65 Å². The average Bonchev–Trinajstić information content (AvgIpc) is 3.61. The Labute approximate surface area is 202 Å². The Balaban J connectivity index is 1.19. The van der Waals surface area contributed by atoms with Crippen molar-refractivity contribution in [2.75, 3.05) is 48.0 Å². The molecule has 3 aliphatic heterocycles. The van der Waals surface area contributed by atoms with Crippen molar-refractivity contribution in [3.63, 3.8) is 0 Å². The number of aliphatic hydroxyl groups is 1. The van der Waals surface area contributed by atoms with E-state index >= 15 is 0 Å². The van der Waals surface area contributed by atoms with E-state index in [1.165, 1.54) is 6.20 Å². The molecule has 2 bridgehead atoms. The number of halogens is 1. The van der Waals surface area contributed by atoms with Crippen LogP contribution in [0.3, 0.4) is 0 Å². The maximum absolute atomic E-state index is 13.1. The van der Waals surface area contributed by atoms with Crippen LogP contribution in [0.15, 0.2) is 36.7 Å². The number of ether oxygens (including phenoxy) is 1. The van der Waals surface area contributed by atoms with E-state index in [4.69, 9.17) is 21.3 Å². The SMILES string of the molecule is O=C(Nc1ccc(N2CCC(CO)CC2)cc1Cl)c1cnn2ccc(N3C[C@H]4C[C@@H]3CO4)nc12. The molecule has 9 nitrogen and oxygen atoms in total. The Morgan fingerprint density at radius 2 is 2.12 bits per heavy atom. The van der Waals surface area contributed by atoms with Crippen LogP contribution >= 0.6 is 11.6 Å². The Morgan fingerprint density at radius 1 is 1.26 bits per heavy atom. The number of piperidine rings is 1. The van der Waals surface area contributed by atoms with Crippen LogP contribution in [-0.4, -0.2) is 70.6 Å². The molecule has 3 aromatic rings. The molecule has 0 spiro atoms. The number of anilines is 3. The number of benzene rings is 1. The minimum Gasteiger partial charge on any atom is -0.396 e. The molecule has 3 saturated heterocycles. The molecule has 0 radical (unpaired) electrons. The van der Waals surface area contributed by atoms with Crippen LogP contribution in [0.2, 0.25) is 5.02 Å². The van der Waals surface area contributed by atoms with Gasteiger partial charge in [-0.2, -0.15) is 5.10 Å². The molecule has 2 aromatic heterocycles. The third kappa shape index (κ3) is 3.87. The van der Waals surface area contributed by atoms with Crippen molar-refractivity contribution in [1.82, 2.24) is 14.6 Å². The van der Waals surface area contributed by atoms with Crippen molar-refractivity contribution in [3.05, 3.63) is 47.2 Å². The number of nitrogens with one attached hydrogen (secondary N) is 1. The Morgan fingerprint density at radius 3 is 2.82 bits per heavy atom. The highest BCUT2D eigenvalue weighted by Crippen LogP contribution is 2.33. The number of rotatable bonds is 5. The lowest BCUT2D eigenvalue weighted by molar-refractivity contribution is 0.0988. The van der Waals surface area contributed by atoms with Gasteiger partial charge in [0.05, 0.1) is 35.7 Å². The summed E-state index contributed by atoms with van der Waals surface area (Å²) in [6.45, 7) is 3.55. The third-order valence-electron chi connectivity index (χ3n) is 7.23. The van der Waals surface area contributed by atoms with Gasteiger partial charge in [-0.1, -0.05) is 11.6 Å². The molecule has 2 atom stereocenters. The van der Waals surface area contributed by atoms with Gasteiger partial charge < -0.3 is 25.0 Å². The number of carbonyl (C=O) groups is 1. The molecule has 0 saturated carbocycles. The topological polar surface area (TPSA) is 95.2 Å². The first-order chi connectivity index (χ1) is 16.6. The quantitative estimate of drug-likeness (QED) is 0.577. The molecular weight excluding hydrogens is 456 g/mol. The highest BCUT2D eigenvalue weighted by Gasteiger charge is 2.39. The van der Waals surface area contributed by atoms with Crippen LogP contribution in [0.25, 0.3) is 5.65 Å². The molecule has 0 aliphatic carbocycles. The molecule has 34 heavy (non-hydrogen) atoms. The number of nitrogens with zero attached hydrogens (tertiary/aromatic N) is 5. The molecular formula is C24H27ClN6O3. The van der Waals surface area contributed by atoms with Gasteiger partial charge in [-0.15, -0.1) is 0 Å². The Bertz CT molecular complexity index is 1220. The average molecular weight is 483 g/mol. The number of hydrogen-bond donors (Lipinski definition) is 2. The van der Waals surface area contributed by atoms with E-state index in [-0.39, 0.29) is 18.6 Å². The van der Waals surface area contributed by atoms with E-state index in [9.17, 15) is 9.90 Å². The summed E-state index contributed by atoms with van der Waals surface area (Å²) in [5.41, 5.74) is 2.47. The third-order valence-corrected chi connectivity index (χ3v) is 7.55. The number of aliphatic hydroxyl groups excluding tert-OH is 1. The van der Waals surface area contributed by atoms with Crippen LogP contribution in [0.5, 0.6) is 0 Å². The first-order valence-electron chi connectivity index (χ1n) is 11.8. The smallest absolute Gasteiger partial charge is 0.261 e. The Kier molecular flexibility index (Phi) is 5.55. The van der Waals surface area contributed by atoms with Gasteiger partial charge in [0.1, 0.15) is 11.4 Å². The highest BCUT2D eigenvalue weighted by atomic mass is 35.5. The number of hydrogen-bond acceptors (Lipinski definition) is 7. The number of morpholine rings is 1. The van der Waals surface area contributed by atoms with Crippen molar-refractivity contribution in [2.45, 2.75) is 31.4 Å². The lowest BCUT2D eigenvalue weighted by atomic mass is 9.97. The van der Waals surface area contributed by atoms with Crippen molar-refractivity contribution < 1.29 is 14.6 Å². The minimum atomic E-state index is -0.302. The fraction of sp³-hybridized carbons (Fsp3) is 0.458. The first-order valence-corrected chi connectivity index (χ1v) is 12.2. The van der Waals surface area contributed by atoms with Crippen molar-refractivity contribution in [3.8, 4) is 0 Å². The van der Waals surface area contributed by atoms with E-state index in [2.05, 4.69) is 20.2 Å². The molecule has 3 fully saturated rings. The maximum Gasteiger partial charge on any atom is 0.261 e. The second-order valence-electron chi connectivity index (χ2n) is 9.34. The summed E-state index contributed by atoms with van der Waals surface area (Å²) in [5, 5.41) is 17.1. The molecule has 10 heteroatoms. The molecule has 3 aliphatic rings. The van der Waals surface area contributed by atoms with Crippen LogP contribution < -0.4 is 15.1 Å². The normalized spacial score (nSPS) is 22.6. The van der Waals surface area contributed by atoms with Gasteiger partial charge in [0.2, 0.25) is 0 Å². The standard InChI is InChI=1S/C24H27ClN6O3/c25-20-10-16(29-6-3-15(13-32)4-7-29)1-2-21(20)27-24(33)19-11-26-31-8-5-22(28-23(19)31)30-12-18-9-17(30)14-34-18/h1-2,5,8,10-11,15,17-18,32H,3-4,6-7,9,12-14H2,(H,27,33)/t17-,18-/m1/s1. The predicted octanol–water partition coefficient (Wildman–Crippen LogP) is 2.82. The molecule has 6 rings (SSSR count). The van der Waals surface area contributed by atoms with E-state index in [1.807, 2.05) is 30.5 Å². The molecule has 1 aromatic carbocycles. The van der Waals surface area contributed by atoms with Gasteiger partial charge in [0, 0.05) is 38.1 Å². The van der Waals surface area contributed by atoms with Gasteiger partial charge in [-0.25, -0.2) is 9.50 Å². The molecule has 2 N–H and O–H groups in total. The monoisotopic (exact) mass is 482 g/mol. The van der Waals surface area contributed by atoms with Crippen molar-refractivity contribution in [2.24, 2.45) is 5.92 Å². The van der Waals surface area contributed by atoms with Crippen LogP contribution in [0.4, 0.5) is 17.2 Å². The van der Waals surface area contributed by atoms with Crippen LogP contribution in [0.1, 0.15) is 29.6 Å². The molecule has 1 amide bonds.